The van der Waals surface area contributed by atoms with Crippen LogP contribution in [0.5, 0.6) is 0 Å². The maximum Gasteiger partial charge on any atom is 0.0576 e. The zero-order valence-electron chi connectivity index (χ0n) is 7.88. The molecule has 1 saturated carbocycles. The first-order chi connectivity index (χ1) is 6.18. The van der Waals surface area contributed by atoms with E-state index in [2.05, 4.69) is 23.5 Å². The van der Waals surface area contributed by atoms with Gasteiger partial charge in [-0.1, -0.05) is 13.2 Å². The third-order valence-corrected chi connectivity index (χ3v) is 2.42. The number of hydrogen-bond donors (Lipinski definition) is 1. The summed E-state index contributed by atoms with van der Waals surface area (Å²) in [5.41, 5.74) is 3.29. The average molecular weight is 174 g/mol. The molecule has 0 amide bonds. The Morgan fingerprint density at radius 2 is 2.54 bits per heavy atom. The van der Waals surface area contributed by atoms with Crippen LogP contribution in [0.25, 0.3) is 0 Å². The Hall–Kier alpha value is -1.31. The molecule has 1 heterocycles. The van der Waals surface area contributed by atoms with Crippen molar-refractivity contribution in [3.05, 3.63) is 36.2 Å². The topological polar surface area (TPSA) is 24.4 Å². The molecule has 2 atom stereocenters. The summed E-state index contributed by atoms with van der Waals surface area (Å²) in [7, 11) is 0. The summed E-state index contributed by atoms with van der Waals surface area (Å²) in [5, 5.41) is 3.12. The Morgan fingerprint density at radius 3 is 3.23 bits per heavy atom. The Kier molecular flexibility index (Phi) is 1.83. The summed E-state index contributed by atoms with van der Waals surface area (Å²) in [6, 6.07) is 0.531. The van der Waals surface area contributed by atoms with Crippen LogP contribution < -0.4 is 5.32 Å². The minimum absolute atomic E-state index is 0.531. The standard InChI is InChI=1S/C11H14N2/c1-7(2)12-6-10-8(3)5-13-11-4-9(10)11/h5-6,9,11-12H,1,3-4H2,2H3/b10-6+/t9-,11?/m1/s1. The van der Waals surface area contributed by atoms with E-state index in [4.69, 9.17) is 0 Å². The fourth-order valence-corrected chi connectivity index (χ4v) is 1.58. The summed E-state index contributed by atoms with van der Waals surface area (Å²) in [6.07, 6.45) is 5.07. The second-order valence-corrected chi connectivity index (χ2v) is 3.74. The van der Waals surface area contributed by atoms with E-state index in [1.807, 2.05) is 19.3 Å². The van der Waals surface area contributed by atoms with Crippen molar-refractivity contribution in [3.63, 3.8) is 0 Å². The number of allylic oxidation sites excluding steroid dienone is 2. The van der Waals surface area contributed by atoms with Crippen LogP contribution in [0.3, 0.4) is 0 Å². The van der Waals surface area contributed by atoms with Gasteiger partial charge in [0, 0.05) is 24.0 Å². The fraction of sp³-hybridized carbons (Fsp3) is 0.364. The second-order valence-electron chi connectivity index (χ2n) is 3.74. The van der Waals surface area contributed by atoms with Crippen molar-refractivity contribution in [2.45, 2.75) is 19.4 Å². The Balaban J connectivity index is 2.14. The van der Waals surface area contributed by atoms with Crippen LogP contribution >= 0.6 is 0 Å². The molecule has 0 aromatic carbocycles. The van der Waals surface area contributed by atoms with Crippen molar-refractivity contribution in [2.75, 3.05) is 0 Å². The summed E-state index contributed by atoms with van der Waals surface area (Å²) < 4.78 is 0. The lowest BCUT2D eigenvalue weighted by molar-refractivity contribution is 0.898. The number of rotatable bonds is 2. The van der Waals surface area contributed by atoms with Gasteiger partial charge in [0.2, 0.25) is 0 Å². The quantitative estimate of drug-likeness (QED) is 0.680. The van der Waals surface area contributed by atoms with Gasteiger partial charge in [0.1, 0.15) is 0 Å². The van der Waals surface area contributed by atoms with E-state index >= 15 is 0 Å². The molecule has 2 nitrogen and oxygen atoms in total. The maximum atomic E-state index is 4.35. The molecule has 1 N–H and O–H groups in total. The van der Waals surface area contributed by atoms with Crippen LogP contribution in [0.15, 0.2) is 41.2 Å². The molecule has 0 radical (unpaired) electrons. The monoisotopic (exact) mass is 174 g/mol. The molecule has 1 aliphatic carbocycles. The largest absolute Gasteiger partial charge is 0.365 e. The minimum atomic E-state index is 0.531. The number of hydrogen-bond acceptors (Lipinski definition) is 2. The van der Waals surface area contributed by atoms with Crippen molar-refractivity contribution in [2.24, 2.45) is 10.9 Å². The number of nitrogens with one attached hydrogen (secondary N) is 1. The van der Waals surface area contributed by atoms with Crippen LogP contribution in [0, 0.1) is 5.92 Å². The molecule has 2 heteroatoms. The SMILES string of the molecule is C=C(C)N/C=C1\C(=C)C=NC2C[C@H]12. The van der Waals surface area contributed by atoms with Gasteiger partial charge in [-0.2, -0.15) is 0 Å². The molecule has 2 aliphatic rings. The fourth-order valence-electron chi connectivity index (χ4n) is 1.58. The van der Waals surface area contributed by atoms with Gasteiger partial charge in [-0.05, 0) is 24.5 Å². The predicted octanol–water partition coefficient (Wildman–Crippen LogP) is 2.02. The van der Waals surface area contributed by atoms with Gasteiger partial charge in [0.15, 0.2) is 0 Å². The molecule has 1 aliphatic heterocycles. The second kappa shape index (κ2) is 2.87. The normalized spacial score (nSPS) is 33.0. The average Bonchev–Trinajstić information content (AvgIpc) is 2.81. The van der Waals surface area contributed by atoms with Crippen LogP contribution in [0.1, 0.15) is 13.3 Å². The molecular formula is C11H14N2. The van der Waals surface area contributed by atoms with E-state index in [1.54, 1.807) is 0 Å². The molecule has 68 valence electrons. The van der Waals surface area contributed by atoms with E-state index in [-0.39, 0.29) is 0 Å². The highest BCUT2D eigenvalue weighted by Gasteiger charge is 2.42. The highest BCUT2D eigenvalue weighted by atomic mass is 14.9. The van der Waals surface area contributed by atoms with Crippen molar-refractivity contribution in [1.29, 1.82) is 0 Å². The summed E-state index contributed by atoms with van der Waals surface area (Å²) >= 11 is 0. The van der Waals surface area contributed by atoms with E-state index in [9.17, 15) is 0 Å². The molecule has 0 aromatic heterocycles. The molecule has 0 saturated heterocycles. The van der Waals surface area contributed by atoms with E-state index in [0.29, 0.717) is 12.0 Å². The highest BCUT2D eigenvalue weighted by Crippen LogP contribution is 2.44. The van der Waals surface area contributed by atoms with Crippen molar-refractivity contribution in [3.8, 4) is 0 Å². The third-order valence-electron chi connectivity index (χ3n) is 2.42. The van der Waals surface area contributed by atoms with Gasteiger partial charge in [-0.15, -0.1) is 0 Å². The van der Waals surface area contributed by atoms with Crippen LogP contribution in [0.4, 0.5) is 0 Å². The molecular weight excluding hydrogens is 160 g/mol. The van der Waals surface area contributed by atoms with E-state index in [0.717, 1.165) is 11.3 Å². The smallest absolute Gasteiger partial charge is 0.0576 e. The van der Waals surface area contributed by atoms with Crippen molar-refractivity contribution in [1.82, 2.24) is 5.32 Å². The van der Waals surface area contributed by atoms with E-state index < -0.39 is 0 Å². The molecule has 1 unspecified atom stereocenters. The maximum absolute atomic E-state index is 4.35. The summed E-state index contributed by atoms with van der Waals surface area (Å²) in [6.45, 7) is 9.69. The Bertz CT molecular complexity index is 323. The van der Waals surface area contributed by atoms with E-state index in [1.165, 1.54) is 12.0 Å². The summed E-state index contributed by atoms with van der Waals surface area (Å²) in [5.74, 6) is 0.615. The third kappa shape index (κ3) is 1.57. The minimum Gasteiger partial charge on any atom is -0.365 e. The van der Waals surface area contributed by atoms with Gasteiger partial charge in [0.25, 0.3) is 0 Å². The highest BCUT2D eigenvalue weighted by molar-refractivity contribution is 5.86. The zero-order chi connectivity index (χ0) is 9.42. The van der Waals surface area contributed by atoms with Crippen LogP contribution in [0.2, 0.25) is 0 Å². The molecule has 0 bridgehead atoms. The first-order valence-corrected chi connectivity index (χ1v) is 4.53. The van der Waals surface area contributed by atoms with Crippen LogP contribution in [-0.2, 0) is 0 Å². The molecule has 0 aromatic rings. The number of aliphatic imine (C=N–C) groups is 1. The van der Waals surface area contributed by atoms with Gasteiger partial charge in [-0.25, -0.2) is 0 Å². The first-order valence-electron chi connectivity index (χ1n) is 4.53. The number of fused-ring (bicyclic) bond motifs is 1. The van der Waals surface area contributed by atoms with Gasteiger partial charge in [0.05, 0.1) is 6.04 Å². The first kappa shape index (κ1) is 8.30. The summed E-state index contributed by atoms with van der Waals surface area (Å²) in [4.78, 5) is 4.35. The Labute approximate surface area is 78.8 Å². The lowest BCUT2D eigenvalue weighted by Gasteiger charge is -2.10. The molecule has 2 rings (SSSR count). The van der Waals surface area contributed by atoms with Crippen molar-refractivity contribution < 1.29 is 0 Å². The molecule has 0 spiro atoms. The molecule has 13 heavy (non-hydrogen) atoms. The Morgan fingerprint density at radius 1 is 1.77 bits per heavy atom. The van der Waals surface area contributed by atoms with Gasteiger partial charge >= 0.3 is 0 Å². The molecule has 1 fully saturated rings. The van der Waals surface area contributed by atoms with Gasteiger partial charge < -0.3 is 5.32 Å². The number of nitrogens with zero attached hydrogens (tertiary/aromatic N) is 1. The van der Waals surface area contributed by atoms with Gasteiger partial charge in [-0.3, -0.25) is 4.99 Å². The van der Waals surface area contributed by atoms with Crippen LogP contribution in [-0.4, -0.2) is 12.3 Å². The van der Waals surface area contributed by atoms with Crippen molar-refractivity contribution >= 4 is 6.21 Å². The zero-order valence-corrected chi connectivity index (χ0v) is 7.88. The lowest BCUT2D eigenvalue weighted by atomic mass is 10.0. The lowest BCUT2D eigenvalue weighted by Crippen LogP contribution is -2.08. The predicted molar refractivity (Wildman–Crippen MR) is 55.6 cm³/mol.